The molecular formula is C45H50ClF2N9O4. The van der Waals surface area contributed by atoms with Crippen LogP contribution in [0.5, 0.6) is 0 Å². The number of imidazole rings is 1. The number of halogens is 3. The van der Waals surface area contributed by atoms with Crippen molar-refractivity contribution in [2.75, 3.05) is 30.3 Å². The third kappa shape index (κ3) is 7.74. The molecule has 5 aromatic rings. The molecule has 2 atom stereocenters. The zero-order valence-corrected chi connectivity index (χ0v) is 35.3. The van der Waals surface area contributed by atoms with Crippen LogP contribution in [0.1, 0.15) is 97.3 Å². The molecule has 0 spiro atoms. The molecule has 1 saturated heterocycles. The molecule has 320 valence electrons. The highest BCUT2D eigenvalue weighted by Gasteiger charge is 2.57. The number of nitrogens with one attached hydrogen (secondary N) is 2. The van der Waals surface area contributed by atoms with Crippen LogP contribution in [0.4, 0.5) is 26.0 Å². The average Bonchev–Trinajstić information content (AvgIpc) is 3.99. The maximum absolute atomic E-state index is 14.1. The second-order valence-electron chi connectivity index (χ2n) is 17.8. The summed E-state index contributed by atoms with van der Waals surface area (Å²) < 4.78 is 30.1. The molecule has 2 aromatic carbocycles. The van der Waals surface area contributed by atoms with Crippen molar-refractivity contribution in [3.63, 3.8) is 0 Å². The molecule has 3 fully saturated rings. The van der Waals surface area contributed by atoms with Gasteiger partial charge in [0, 0.05) is 68.8 Å². The topological polar surface area (TPSA) is 162 Å². The molecule has 4 aliphatic rings. The van der Waals surface area contributed by atoms with Crippen molar-refractivity contribution >= 4 is 51.7 Å². The quantitative estimate of drug-likeness (QED) is 0.0961. The Bertz CT molecular complexity index is 2540. The van der Waals surface area contributed by atoms with E-state index in [9.17, 15) is 28.6 Å². The number of aliphatic hydroxyl groups excluding tert-OH is 1. The highest BCUT2D eigenvalue weighted by Crippen LogP contribution is 2.63. The van der Waals surface area contributed by atoms with E-state index >= 15 is 0 Å². The third-order valence-corrected chi connectivity index (χ3v) is 14.3. The van der Waals surface area contributed by atoms with E-state index in [4.69, 9.17) is 16.6 Å². The van der Waals surface area contributed by atoms with Gasteiger partial charge in [-0.3, -0.25) is 24.4 Å². The molecule has 0 unspecified atom stereocenters. The van der Waals surface area contributed by atoms with Gasteiger partial charge in [-0.05, 0) is 106 Å². The fourth-order valence-corrected chi connectivity index (χ4v) is 10.7. The number of likely N-dealkylation sites (tertiary alicyclic amines) is 1. The van der Waals surface area contributed by atoms with Crippen molar-refractivity contribution < 1.29 is 28.6 Å². The van der Waals surface area contributed by atoms with Gasteiger partial charge in [-0.2, -0.15) is 0 Å². The van der Waals surface area contributed by atoms with Crippen LogP contribution in [-0.4, -0.2) is 88.2 Å². The minimum absolute atomic E-state index is 0.117. The number of hydrogen-bond donors (Lipinski definition) is 4. The molecule has 13 nitrogen and oxygen atoms in total. The molecule has 2 bridgehead atoms. The van der Waals surface area contributed by atoms with E-state index < -0.39 is 29.7 Å². The number of aliphatic carboxylic acids is 1. The molecule has 61 heavy (non-hydrogen) atoms. The van der Waals surface area contributed by atoms with E-state index in [-0.39, 0.29) is 34.5 Å². The predicted octanol–water partition coefficient (Wildman–Crippen LogP) is 8.06. The number of hydrogen-bond acceptors (Lipinski definition) is 10. The number of carbonyl (C=O) groups excluding carboxylic acids is 1. The van der Waals surface area contributed by atoms with Crippen molar-refractivity contribution in [1.82, 2.24) is 34.3 Å². The van der Waals surface area contributed by atoms with Crippen molar-refractivity contribution in [2.45, 2.75) is 96.9 Å². The summed E-state index contributed by atoms with van der Waals surface area (Å²) in [5.74, 6) is -1.21. The van der Waals surface area contributed by atoms with Crippen LogP contribution in [0.15, 0.2) is 48.7 Å². The largest absolute Gasteiger partial charge is 0.481 e. The number of pyridine rings is 1. The van der Waals surface area contributed by atoms with Crippen LogP contribution in [0.25, 0.3) is 22.2 Å². The van der Waals surface area contributed by atoms with Crippen molar-refractivity contribution in [3.05, 3.63) is 87.8 Å². The Morgan fingerprint density at radius 1 is 1.05 bits per heavy atom. The number of benzene rings is 2. The number of carboxylic acid groups (broad SMARTS) is 1. The van der Waals surface area contributed by atoms with Crippen LogP contribution >= 0.6 is 11.6 Å². The zero-order chi connectivity index (χ0) is 42.8. The Labute approximate surface area is 357 Å². The molecule has 3 aromatic heterocycles. The van der Waals surface area contributed by atoms with Gasteiger partial charge in [0.15, 0.2) is 17.5 Å². The monoisotopic (exact) mass is 853 g/mol. The Hall–Kier alpha value is -5.09. The third-order valence-electron chi connectivity index (χ3n) is 13.9. The van der Waals surface area contributed by atoms with E-state index in [1.165, 1.54) is 0 Å². The predicted molar refractivity (Wildman–Crippen MR) is 228 cm³/mol. The Morgan fingerprint density at radius 2 is 1.80 bits per heavy atom. The summed E-state index contributed by atoms with van der Waals surface area (Å²) in [5.41, 5.74) is 6.09. The number of rotatable bonds is 12. The number of aromatic nitrogens is 5. The molecule has 2 aliphatic carbocycles. The molecule has 16 heteroatoms. The number of carboxylic acids is 1. The van der Waals surface area contributed by atoms with Gasteiger partial charge in [-0.1, -0.05) is 35.9 Å². The molecule has 2 aliphatic heterocycles. The highest BCUT2D eigenvalue weighted by atomic mass is 35.5. The van der Waals surface area contributed by atoms with Gasteiger partial charge < -0.3 is 25.4 Å². The van der Waals surface area contributed by atoms with Crippen LogP contribution in [0, 0.1) is 17.8 Å². The van der Waals surface area contributed by atoms with Gasteiger partial charge in [-0.25, -0.2) is 23.7 Å². The standard InChI is InChI=1S/C45H50ClF2N9O4/c1-25-18-28(58)22-57(25)21-27-19-33-37(49-20-27)39(54-40(51-33)38(47)48)50-31-8-4-6-29(26(31)2)30-7-5-9-32(36(30)46)53-42(59)41-52-34-23-56(16-10-35(34)55(41)3)17-15-44-11-13-45(24-44,14-12-44)43(60)61/h4-9,19-20,25,28,38,58H,10-18,21-24H2,1-3H3,(H,53,59)(H,60,61)(H,50,51,54)/t25-,28+,44?,45?/m0/s1. The first-order valence-corrected chi connectivity index (χ1v) is 21.4. The van der Waals surface area contributed by atoms with E-state index in [1.54, 1.807) is 18.3 Å². The Balaban J connectivity index is 0.909. The average molecular weight is 854 g/mol. The van der Waals surface area contributed by atoms with Gasteiger partial charge in [0.25, 0.3) is 12.3 Å². The highest BCUT2D eigenvalue weighted by molar-refractivity contribution is 6.36. The van der Waals surface area contributed by atoms with E-state index in [2.05, 4.69) is 35.4 Å². The van der Waals surface area contributed by atoms with Crippen molar-refractivity contribution in [3.8, 4) is 11.1 Å². The smallest absolute Gasteiger partial charge is 0.309 e. The van der Waals surface area contributed by atoms with E-state index in [1.807, 2.05) is 55.8 Å². The summed E-state index contributed by atoms with van der Waals surface area (Å²) in [6, 6.07) is 12.9. The van der Waals surface area contributed by atoms with Gasteiger partial charge in [0.05, 0.1) is 33.4 Å². The van der Waals surface area contributed by atoms with Crippen LogP contribution in [0.2, 0.25) is 5.02 Å². The fraction of sp³-hybridized carbons (Fsp3) is 0.467. The number of amides is 1. The number of fused-ring (bicyclic) bond motifs is 4. The SMILES string of the molecule is Cc1c(Nc2nc(C(F)F)nc3cc(CN4C[C@H](O)C[C@@H]4C)cnc23)cccc1-c1cccc(NC(=O)c2nc3c(n2C)CCN(CCC24CCC(C(=O)O)(CC2)C4)C3)c1Cl. The van der Waals surface area contributed by atoms with Gasteiger partial charge in [-0.15, -0.1) is 0 Å². The van der Waals surface area contributed by atoms with E-state index in [0.29, 0.717) is 53.5 Å². The number of β-amino-alcohol motifs (C(OH)–C–C–N with tert-alkyl or cyclic N) is 1. The first-order chi connectivity index (χ1) is 29.2. The fourth-order valence-electron chi connectivity index (χ4n) is 10.4. The lowest BCUT2D eigenvalue weighted by Crippen LogP contribution is -2.34. The summed E-state index contributed by atoms with van der Waals surface area (Å²) in [7, 11) is 1.86. The molecule has 5 heterocycles. The lowest BCUT2D eigenvalue weighted by Gasteiger charge is -2.32. The van der Waals surface area contributed by atoms with Gasteiger partial charge >= 0.3 is 5.97 Å². The summed E-state index contributed by atoms with van der Waals surface area (Å²) in [5, 5.41) is 26.5. The molecule has 0 radical (unpaired) electrons. The minimum atomic E-state index is -2.91. The minimum Gasteiger partial charge on any atom is -0.481 e. The first-order valence-electron chi connectivity index (χ1n) is 21.1. The number of aliphatic hydroxyl groups is 1. The molecule has 2 saturated carbocycles. The Morgan fingerprint density at radius 3 is 2.51 bits per heavy atom. The van der Waals surface area contributed by atoms with Gasteiger partial charge in [0.2, 0.25) is 0 Å². The first kappa shape index (κ1) is 41.3. The summed E-state index contributed by atoms with van der Waals surface area (Å²) in [6.07, 6.45) is 5.09. The lowest BCUT2D eigenvalue weighted by atomic mass is 9.80. The zero-order valence-electron chi connectivity index (χ0n) is 34.5. The lowest BCUT2D eigenvalue weighted by molar-refractivity contribution is -0.148. The van der Waals surface area contributed by atoms with E-state index in [0.717, 1.165) is 86.1 Å². The maximum Gasteiger partial charge on any atom is 0.309 e. The van der Waals surface area contributed by atoms with Crippen LogP contribution in [0.3, 0.4) is 0 Å². The molecular weight excluding hydrogens is 804 g/mol. The number of anilines is 3. The van der Waals surface area contributed by atoms with Crippen LogP contribution in [-0.2, 0) is 31.4 Å². The second-order valence-corrected chi connectivity index (χ2v) is 18.1. The molecule has 4 N–H and O–H groups in total. The molecule has 9 rings (SSSR count). The number of alkyl halides is 2. The maximum atomic E-state index is 14.1. The van der Waals surface area contributed by atoms with Crippen molar-refractivity contribution in [1.29, 1.82) is 0 Å². The summed E-state index contributed by atoms with van der Waals surface area (Å²) in [6.45, 7) is 7.32. The van der Waals surface area contributed by atoms with Crippen molar-refractivity contribution in [2.24, 2.45) is 17.9 Å². The van der Waals surface area contributed by atoms with Crippen LogP contribution < -0.4 is 10.6 Å². The summed E-state index contributed by atoms with van der Waals surface area (Å²) >= 11 is 7.05. The number of carbonyl (C=O) groups is 2. The van der Waals surface area contributed by atoms with Gasteiger partial charge in [0.1, 0.15) is 5.52 Å². The number of nitrogens with zero attached hydrogens (tertiary/aromatic N) is 7. The second kappa shape index (κ2) is 16.0. The summed E-state index contributed by atoms with van der Waals surface area (Å²) in [4.78, 5) is 48.1. The molecule has 1 amide bonds. The normalized spacial score (nSPS) is 23.9. The Kier molecular flexibility index (Phi) is 10.8.